The molecule has 2 heterocycles. The molecule has 4 nitrogen and oxygen atoms in total. The number of halogens is 2. The molecule has 0 unspecified atom stereocenters. The van der Waals surface area contributed by atoms with Gasteiger partial charge in [0.25, 0.3) is 0 Å². The second-order valence-electron chi connectivity index (χ2n) is 4.53. The van der Waals surface area contributed by atoms with Crippen LogP contribution in [-0.4, -0.2) is 19.7 Å². The van der Waals surface area contributed by atoms with Crippen LogP contribution in [0.2, 0.25) is 10.0 Å². The molecule has 20 heavy (non-hydrogen) atoms. The zero-order valence-corrected chi connectivity index (χ0v) is 12.2. The average Bonchev–Trinajstić information content (AvgIpc) is 2.87. The van der Waals surface area contributed by atoms with E-state index < -0.39 is 0 Å². The summed E-state index contributed by atoms with van der Waals surface area (Å²) in [6.45, 7) is 1.86. The van der Waals surface area contributed by atoms with E-state index >= 15 is 0 Å². The highest BCUT2D eigenvalue weighted by Gasteiger charge is 2.13. The van der Waals surface area contributed by atoms with Gasteiger partial charge in [0.05, 0.1) is 16.2 Å². The van der Waals surface area contributed by atoms with Crippen LogP contribution >= 0.6 is 23.2 Å². The fourth-order valence-electron chi connectivity index (χ4n) is 2.13. The summed E-state index contributed by atoms with van der Waals surface area (Å²) in [5.41, 5.74) is 3.06. The smallest absolute Gasteiger partial charge is 0.219 e. The quantitative estimate of drug-likeness (QED) is 0.786. The first-order valence-corrected chi connectivity index (χ1v) is 6.78. The lowest BCUT2D eigenvalue weighted by Gasteiger charge is -2.10. The molecule has 1 N–H and O–H groups in total. The van der Waals surface area contributed by atoms with E-state index in [0.29, 0.717) is 22.1 Å². The molecule has 0 atom stereocenters. The first-order chi connectivity index (χ1) is 9.56. The van der Waals surface area contributed by atoms with Crippen molar-refractivity contribution in [2.24, 2.45) is 0 Å². The highest BCUT2D eigenvalue weighted by Crippen LogP contribution is 2.27. The summed E-state index contributed by atoms with van der Waals surface area (Å²) in [5.74, 6) is 0.101. The maximum absolute atomic E-state index is 10.3. The zero-order chi connectivity index (χ0) is 14.3. The lowest BCUT2D eigenvalue weighted by Crippen LogP contribution is -2.02. The van der Waals surface area contributed by atoms with E-state index in [4.69, 9.17) is 23.2 Å². The SMILES string of the molecule is Cc1nc2ccnn2c(O)c1Cc1ccc(Cl)c(Cl)c1. The number of benzene rings is 1. The Hall–Kier alpha value is -1.78. The topological polar surface area (TPSA) is 50.4 Å². The minimum atomic E-state index is 0.101. The minimum absolute atomic E-state index is 0.101. The van der Waals surface area contributed by atoms with E-state index in [1.165, 1.54) is 4.52 Å². The van der Waals surface area contributed by atoms with Crippen molar-refractivity contribution in [1.29, 1.82) is 0 Å². The van der Waals surface area contributed by atoms with E-state index in [1.54, 1.807) is 24.4 Å². The zero-order valence-electron chi connectivity index (χ0n) is 10.6. The Balaban J connectivity index is 2.07. The van der Waals surface area contributed by atoms with Gasteiger partial charge in [-0.3, -0.25) is 0 Å². The molecule has 0 saturated carbocycles. The molecule has 0 aliphatic heterocycles. The summed E-state index contributed by atoms with van der Waals surface area (Å²) >= 11 is 11.9. The number of aromatic hydroxyl groups is 1. The fourth-order valence-corrected chi connectivity index (χ4v) is 2.45. The summed E-state index contributed by atoms with van der Waals surface area (Å²) in [5, 5.41) is 15.4. The number of hydrogen-bond acceptors (Lipinski definition) is 3. The van der Waals surface area contributed by atoms with Gasteiger partial charge in [-0.1, -0.05) is 29.3 Å². The van der Waals surface area contributed by atoms with Crippen molar-refractivity contribution >= 4 is 28.8 Å². The molecule has 2 aromatic heterocycles. The Morgan fingerprint density at radius 1 is 1.20 bits per heavy atom. The summed E-state index contributed by atoms with van der Waals surface area (Å²) < 4.78 is 1.42. The van der Waals surface area contributed by atoms with Gasteiger partial charge in [-0.25, -0.2) is 4.98 Å². The maximum atomic E-state index is 10.3. The van der Waals surface area contributed by atoms with Gasteiger partial charge in [0.1, 0.15) is 0 Å². The van der Waals surface area contributed by atoms with Crippen LogP contribution < -0.4 is 0 Å². The maximum Gasteiger partial charge on any atom is 0.219 e. The van der Waals surface area contributed by atoms with E-state index in [0.717, 1.165) is 16.8 Å². The minimum Gasteiger partial charge on any atom is -0.493 e. The van der Waals surface area contributed by atoms with E-state index in [1.807, 2.05) is 13.0 Å². The third-order valence-electron chi connectivity index (χ3n) is 3.18. The first-order valence-electron chi connectivity index (χ1n) is 6.02. The second-order valence-corrected chi connectivity index (χ2v) is 5.34. The summed E-state index contributed by atoms with van der Waals surface area (Å²) in [6, 6.07) is 7.15. The highest BCUT2D eigenvalue weighted by atomic mass is 35.5. The number of aromatic nitrogens is 3. The van der Waals surface area contributed by atoms with Crippen molar-refractivity contribution < 1.29 is 5.11 Å². The van der Waals surface area contributed by atoms with Gasteiger partial charge < -0.3 is 5.11 Å². The van der Waals surface area contributed by atoms with Crippen molar-refractivity contribution in [3.63, 3.8) is 0 Å². The molecular formula is C14H11Cl2N3O. The van der Waals surface area contributed by atoms with Gasteiger partial charge in [-0.05, 0) is 24.6 Å². The van der Waals surface area contributed by atoms with Gasteiger partial charge in [-0.15, -0.1) is 0 Å². The predicted octanol–water partition coefficient (Wildman–Crippen LogP) is 3.64. The van der Waals surface area contributed by atoms with Gasteiger partial charge in [0.2, 0.25) is 5.88 Å². The van der Waals surface area contributed by atoms with Crippen LogP contribution in [0.3, 0.4) is 0 Å². The van der Waals surface area contributed by atoms with Crippen molar-refractivity contribution in [2.75, 3.05) is 0 Å². The van der Waals surface area contributed by atoms with Crippen LogP contribution in [0.4, 0.5) is 0 Å². The molecule has 102 valence electrons. The van der Waals surface area contributed by atoms with Crippen LogP contribution in [0.5, 0.6) is 5.88 Å². The molecule has 1 aromatic carbocycles. The average molecular weight is 308 g/mol. The Morgan fingerprint density at radius 2 is 2.00 bits per heavy atom. The van der Waals surface area contributed by atoms with Crippen molar-refractivity contribution in [3.05, 3.63) is 57.3 Å². The Kier molecular flexibility index (Phi) is 3.28. The monoisotopic (exact) mass is 307 g/mol. The molecule has 0 amide bonds. The normalized spacial score (nSPS) is 11.2. The predicted molar refractivity (Wildman–Crippen MR) is 78.7 cm³/mol. The largest absolute Gasteiger partial charge is 0.493 e. The Bertz CT molecular complexity index is 798. The molecule has 0 aliphatic carbocycles. The number of aryl methyl sites for hydroxylation is 1. The van der Waals surface area contributed by atoms with Crippen molar-refractivity contribution in [1.82, 2.24) is 14.6 Å². The van der Waals surface area contributed by atoms with Gasteiger partial charge in [0.15, 0.2) is 5.65 Å². The van der Waals surface area contributed by atoms with E-state index in [2.05, 4.69) is 10.1 Å². The number of fused-ring (bicyclic) bond motifs is 1. The first kappa shape index (κ1) is 13.2. The van der Waals surface area contributed by atoms with E-state index in [-0.39, 0.29) is 5.88 Å². The Labute approximate surface area is 125 Å². The van der Waals surface area contributed by atoms with Gasteiger partial charge in [0, 0.05) is 23.7 Å². The van der Waals surface area contributed by atoms with E-state index in [9.17, 15) is 5.11 Å². The molecule has 0 fully saturated rings. The number of rotatable bonds is 2. The number of nitrogens with zero attached hydrogens (tertiary/aromatic N) is 3. The number of hydrogen-bond donors (Lipinski definition) is 1. The van der Waals surface area contributed by atoms with Crippen LogP contribution in [0.1, 0.15) is 16.8 Å². The summed E-state index contributed by atoms with van der Waals surface area (Å²) in [7, 11) is 0. The van der Waals surface area contributed by atoms with Crippen LogP contribution in [-0.2, 0) is 6.42 Å². The molecule has 0 saturated heterocycles. The van der Waals surface area contributed by atoms with Crippen LogP contribution in [0.15, 0.2) is 30.5 Å². The molecule has 3 aromatic rings. The standard InChI is InChI=1S/C14H11Cl2N3O/c1-8-10(6-9-2-3-11(15)12(16)7-9)14(20)19-13(18-8)4-5-17-19/h2-5,7,20H,6H2,1H3. The molecule has 3 rings (SSSR count). The third kappa shape index (κ3) is 2.21. The fraction of sp³-hybridized carbons (Fsp3) is 0.143. The van der Waals surface area contributed by atoms with Crippen LogP contribution in [0.25, 0.3) is 5.65 Å². The summed E-state index contributed by atoms with van der Waals surface area (Å²) in [4.78, 5) is 4.41. The molecular weight excluding hydrogens is 297 g/mol. The van der Waals surface area contributed by atoms with Crippen molar-refractivity contribution in [2.45, 2.75) is 13.3 Å². The lowest BCUT2D eigenvalue weighted by atomic mass is 10.0. The van der Waals surface area contributed by atoms with Gasteiger partial charge >= 0.3 is 0 Å². The second kappa shape index (κ2) is 4.96. The third-order valence-corrected chi connectivity index (χ3v) is 3.92. The molecule has 0 aliphatic rings. The summed E-state index contributed by atoms with van der Waals surface area (Å²) in [6.07, 6.45) is 2.11. The lowest BCUT2D eigenvalue weighted by molar-refractivity contribution is 0.428. The Morgan fingerprint density at radius 3 is 2.75 bits per heavy atom. The molecule has 0 bridgehead atoms. The highest BCUT2D eigenvalue weighted by molar-refractivity contribution is 6.42. The van der Waals surface area contributed by atoms with Crippen LogP contribution in [0, 0.1) is 6.92 Å². The van der Waals surface area contributed by atoms with Crippen molar-refractivity contribution in [3.8, 4) is 5.88 Å². The molecule has 0 radical (unpaired) electrons. The molecule has 6 heteroatoms. The van der Waals surface area contributed by atoms with Gasteiger partial charge in [-0.2, -0.15) is 9.61 Å². The molecule has 0 spiro atoms.